The summed E-state index contributed by atoms with van der Waals surface area (Å²) in [4.78, 5) is 12.4. The summed E-state index contributed by atoms with van der Waals surface area (Å²) >= 11 is 0. The Kier molecular flexibility index (Phi) is 4.41. The normalized spacial score (nSPS) is 19.5. The van der Waals surface area contributed by atoms with E-state index in [9.17, 15) is 18.7 Å². The van der Waals surface area contributed by atoms with Gasteiger partial charge in [0, 0.05) is 13.0 Å². The maximum Gasteiger partial charge on any atom is 0.342 e. The van der Waals surface area contributed by atoms with Gasteiger partial charge in [-0.3, -0.25) is 0 Å². The molecule has 1 N–H and O–H groups in total. The number of hydrogen-bond acceptors (Lipinski definition) is 5. The van der Waals surface area contributed by atoms with Gasteiger partial charge in [-0.1, -0.05) is 6.07 Å². The summed E-state index contributed by atoms with van der Waals surface area (Å²) in [5, 5.41) is 10.5. The van der Waals surface area contributed by atoms with Crippen molar-refractivity contribution in [3.8, 4) is 11.5 Å². The highest BCUT2D eigenvalue weighted by Gasteiger charge is 2.46. The van der Waals surface area contributed by atoms with Crippen LogP contribution < -0.4 is 9.47 Å². The number of carbonyl (C=O) groups excluding carboxylic acids is 1. The van der Waals surface area contributed by atoms with E-state index >= 15 is 0 Å². The minimum absolute atomic E-state index is 0.170. The van der Waals surface area contributed by atoms with Crippen molar-refractivity contribution in [2.24, 2.45) is 0 Å². The van der Waals surface area contributed by atoms with Gasteiger partial charge in [0.2, 0.25) is 5.79 Å². The molecule has 0 saturated heterocycles. The Morgan fingerprint density at radius 2 is 1.58 bits per heavy atom. The highest BCUT2D eigenvalue weighted by molar-refractivity contribution is 6.28. The van der Waals surface area contributed by atoms with Crippen molar-refractivity contribution >= 4 is 17.1 Å². The number of methoxy groups -OCH3 is 2. The fourth-order valence-corrected chi connectivity index (χ4v) is 2.92. The predicted octanol–water partition coefficient (Wildman–Crippen LogP) is 3.16. The monoisotopic (exact) mass is 362 g/mol. The quantitative estimate of drug-likeness (QED) is 0.847. The minimum Gasteiger partial charge on any atom is -0.497 e. The number of rotatable bonds is 4. The Balaban J connectivity index is 2.36. The molecule has 5 nitrogen and oxygen atoms in total. The molecule has 1 aliphatic heterocycles. The largest absolute Gasteiger partial charge is 0.497 e. The van der Waals surface area contributed by atoms with Crippen LogP contribution in [0.25, 0.3) is 11.1 Å². The van der Waals surface area contributed by atoms with E-state index in [0.717, 1.165) is 19.1 Å². The molecule has 7 heteroatoms. The van der Waals surface area contributed by atoms with Gasteiger partial charge in [0.05, 0.1) is 30.9 Å². The number of halogens is 2. The zero-order chi connectivity index (χ0) is 19.1. The molecule has 0 aromatic heterocycles. The molecule has 1 atom stereocenters. The average Bonchev–Trinajstić information content (AvgIpc) is 2.83. The standard InChI is InChI=1S/C19H16F2O5/c1-19(23)17(16-13(20)5-4-6-14(16)21)15(18(22)26-19)10-7-11(24-2)9-12(8-10)25-3/h4-9,23H,1-3H3. The molecule has 2 aromatic rings. The molecule has 3 rings (SSSR count). The Bertz CT molecular complexity index is 876. The summed E-state index contributed by atoms with van der Waals surface area (Å²) in [6.07, 6.45) is 0. The summed E-state index contributed by atoms with van der Waals surface area (Å²) in [5.74, 6) is -4.25. The van der Waals surface area contributed by atoms with Crippen LogP contribution in [0.15, 0.2) is 36.4 Å². The van der Waals surface area contributed by atoms with E-state index in [0.29, 0.717) is 11.5 Å². The van der Waals surface area contributed by atoms with E-state index in [1.165, 1.54) is 32.4 Å². The number of carbonyl (C=O) groups is 1. The maximum atomic E-state index is 14.4. The minimum atomic E-state index is -2.20. The number of benzene rings is 2. The molecule has 1 aliphatic rings. The van der Waals surface area contributed by atoms with Crippen LogP contribution in [-0.4, -0.2) is 31.1 Å². The van der Waals surface area contributed by atoms with Gasteiger partial charge in [-0.15, -0.1) is 0 Å². The lowest BCUT2D eigenvalue weighted by Crippen LogP contribution is -2.27. The van der Waals surface area contributed by atoms with Gasteiger partial charge < -0.3 is 19.3 Å². The third kappa shape index (κ3) is 2.90. The van der Waals surface area contributed by atoms with Crippen molar-refractivity contribution in [3.05, 3.63) is 59.2 Å². The molecule has 1 heterocycles. The third-order valence-electron chi connectivity index (χ3n) is 4.06. The Morgan fingerprint density at radius 3 is 2.08 bits per heavy atom. The molecule has 2 aromatic carbocycles. The van der Waals surface area contributed by atoms with Crippen LogP contribution in [0, 0.1) is 11.6 Å². The van der Waals surface area contributed by atoms with Gasteiger partial charge >= 0.3 is 5.97 Å². The second kappa shape index (κ2) is 6.42. The molecular weight excluding hydrogens is 346 g/mol. The zero-order valence-electron chi connectivity index (χ0n) is 14.3. The highest BCUT2D eigenvalue weighted by atomic mass is 19.1. The zero-order valence-corrected chi connectivity index (χ0v) is 14.3. The van der Waals surface area contributed by atoms with Gasteiger partial charge in [0.25, 0.3) is 0 Å². The van der Waals surface area contributed by atoms with Gasteiger partial charge in [-0.2, -0.15) is 0 Å². The van der Waals surface area contributed by atoms with Crippen molar-refractivity contribution in [3.63, 3.8) is 0 Å². The molecule has 0 fully saturated rings. The molecule has 1 unspecified atom stereocenters. The summed E-state index contributed by atoms with van der Waals surface area (Å²) in [7, 11) is 2.85. The van der Waals surface area contributed by atoms with Crippen LogP contribution in [0.4, 0.5) is 8.78 Å². The lowest BCUT2D eigenvalue weighted by Gasteiger charge is -2.20. The van der Waals surface area contributed by atoms with Gasteiger partial charge in [0.1, 0.15) is 23.1 Å². The first-order valence-electron chi connectivity index (χ1n) is 7.66. The lowest BCUT2D eigenvalue weighted by molar-refractivity contribution is -0.169. The molecule has 26 heavy (non-hydrogen) atoms. The van der Waals surface area contributed by atoms with E-state index in [-0.39, 0.29) is 16.7 Å². The second-order valence-electron chi connectivity index (χ2n) is 5.82. The predicted molar refractivity (Wildman–Crippen MR) is 89.4 cm³/mol. The third-order valence-corrected chi connectivity index (χ3v) is 4.06. The van der Waals surface area contributed by atoms with E-state index in [1.807, 2.05) is 0 Å². The van der Waals surface area contributed by atoms with Gasteiger partial charge in [-0.05, 0) is 29.8 Å². The van der Waals surface area contributed by atoms with Crippen LogP contribution in [0.2, 0.25) is 0 Å². The summed E-state index contributed by atoms with van der Waals surface area (Å²) in [6, 6.07) is 7.81. The first-order valence-corrected chi connectivity index (χ1v) is 7.66. The second-order valence-corrected chi connectivity index (χ2v) is 5.82. The van der Waals surface area contributed by atoms with Crippen molar-refractivity contribution in [1.29, 1.82) is 0 Å². The van der Waals surface area contributed by atoms with E-state index in [2.05, 4.69) is 0 Å². The Labute approximate surface area is 148 Å². The first kappa shape index (κ1) is 17.9. The van der Waals surface area contributed by atoms with Crippen LogP contribution in [-0.2, 0) is 9.53 Å². The first-order chi connectivity index (χ1) is 12.3. The summed E-state index contributed by atoms with van der Waals surface area (Å²) in [5.41, 5.74) is -0.758. The molecule has 0 bridgehead atoms. The molecule has 0 aliphatic carbocycles. The molecule has 136 valence electrons. The highest BCUT2D eigenvalue weighted by Crippen LogP contribution is 2.45. The van der Waals surface area contributed by atoms with E-state index in [4.69, 9.17) is 14.2 Å². The maximum absolute atomic E-state index is 14.4. The molecule has 0 radical (unpaired) electrons. The Hall–Kier alpha value is -2.93. The fourth-order valence-electron chi connectivity index (χ4n) is 2.92. The molecule has 0 spiro atoms. The average molecular weight is 362 g/mol. The smallest absolute Gasteiger partial charge is 0.342 e. The molecule has 0 amide bonds. The number of hydrogen-bond donors (Lipinski definition) is 1. The Morgan fingerprint density at radius 1 is 1.04 bits per heavy atom. The van der Waals surface area contributed by atoms with Crippen molar-refractivity contribution in [1.82, 2.24) is 0 Å². The van der Waals surface area contributed by atoms with Crippen molar-refractivity contribution in [2.45, 2.75) is 12.7 Å². The molecular formula is C19H16F2O5. The summed E-state index contributed by atoms with van der Waals surface area (Å²) in [6.45, 7) is 1.15. The van der Waals surface area contributed by atoms with Crippen LogP contribution >= 0.6 is 0 Å². The van der Waals surface area contributed by atoms with E-state index < -0.39 is 29.0 Å². The number of esters is 1. The topological polar surface area (TPSA) is 65.0 Å². The number of ether oxygens (including phenoxy) is 3. The van der Waals surface area contributed by atoms with Gasteiger partial charge in [-0.25, -0.2) is 13.6 Å². The van der Waals surface area contributed by atoms with Crippen LogP contribution in [0.5, 0.6) is 11.5 Å². The fraction of sp³-hybridized carbons (Fsp3) is 0.211. The number of cyclic esters (lactones) is 1. The van der Waals surface area contributed by atoms with Crippen molar-refractivity contribution < 1.29 is 32.9 Å². The summed E-state index contributed by atoms with van der Waals surface area (Å²) < 4.78 is 44.0. The molecule has 0 saturated carbocycles. The van der Waals surface area contributed by atoms with Crippen molar-refractivity contribution in [2.75, 3.05) is 14.2 Å². The SMILES string of the molecule is COc1cc(OC)cc(C2=C(c3c(F)cccc3F)C(C)(O)OC2=O)c1. The lowest BCUT2D eigenvalue weighted by atomic mass is 9.91. The number of aliphatic hydroxyl groups is 1. The van der Waals surface area contributed by atoms with E-state index in [1.54, 1.807) is 6.07 Å². The van der Waals surface area contributed by atoms with Crippen LogP contribution in [0.1, 0.15) is 18.1 Å². The van der Waals surface area contributed by atoms with Gasteiger partial charge in [0.15, 0.2) is 0 Å². The van der Waals surface area contributed by atoms with Crippen LogP contribution in [0.3, 0.4) is 0 Å².